The summed E-state index contributed by atoms with van der Waals surface area (Å²) in [5.74, 6) is 1.56. The molecule has 1 atom stereocenters. The Bertz CT molecular complexity index is 1560. The zero-order valence-electron chi connectivity index (χ0n) is 22.3. The SMILES string of the molecule is CC(C)(C)/C=C(\C#N)C(=O)N1CCC[C@H]1Cn1nc(-c2ccc(Oc3ccccc3)cc2)c2c(N)ncnc21. The van der Waals surface area contributed by atoms with Crippen molar-refractivity contribution in [3.63, 3.8) is 0 Å². The fourth-order valence-electron chi connectivity index (χ4n) is 4.89. The Morgan fingerprint density at radius 3 is 2.54 bits per heavy atom. The van der Waals surface area contributed by atoms with Gasteiger partial charge in [0.2, 0.25) is 0 Å². The quantitative estimate of drug-likeness (QED) is 0.268. The summed E-state index contributed by atoms with van der Waals surface area (Å²) in [7, 11) is 0. The molecule has 198 valence electrons. The first kappa shape index (κ1) is 25.9. The van der Waals surface area contributed by atoms with Gasteiger partial charge in [-0.15, -0.1) is 0 Å². The minimum Gasteiger partial charge on any atom is -0.457 e. The number of nitrogen functional groups attached to an aromatic ring is 1. The molecule has 1 saturated heterocycles. The molecule has 1 aliphatic heterocycles. The average Bonchev–Trinajstić information content (AvgIpc) is 3.53. The normalized spacial score (nSPS) is 15.9. The van der Waals surface area contributed by atoms with Gasteiger partial charge in [0.05, 0.1) is 18.0 Å². The first-order valence-corrected chi connectivity index (χ1v) is 13.0. The third-order valence-corrected chi connectivity index (χ3v) is 6.62. The van der Waals surface area contributed by atoms with Crippen molar-refractivity contribution in [3.8, 4) is 28.8 Å². The number of hydrogen-bond acceptors (Lipinski definition) is 7. The van der Waals surface area contributed by atoms with E-state index in [0.29, 0.717) is 41.4 Å². The zero-order chi connectivity index (χ0) is 27.6. The average molecular weight is 522 g/mol. The number of fused-ring (bicyclic) bond motifs is 1. The molecular weight excluding hydrogens is 490 g/mol. The van der Waals surface area contributed by atoms with Crippen molar-refractivity contribution in [1.82, 2.24) is 24.6 Å². The molecule has 4 aromatic rings. The summed E-state index contributed by atoms with van der Waals surface area (Å²) in [6.45, 7) is 6.95. The monoisotopic (exact) mass is 521 g/mol. The van der Waals surface area contributed by atoms with Crippen LogP contribution in [0.1, 0.15) is 33.6 Å². The molecule has 0 saturated carbocycles. The molecule has 0 spiro atoms. The van der Waals surface area contributed by atoms with Crippen molar-refractivity contribution in [2.24, 2.45) is 5.41 Å². The highest BCUT2D eigenvalue weighted by atomic mass is 16.5. The highest BCUT2D eigenvalue weighted by Gasteiger charge is 2.32. The van der Waals surface area contributed by atoms with Crippen LogP contribution in [0.15, 0.2) is 72.6 Å². The van der Waals surface area contributed by atoms with Crippen LogP contribution in [0.3, 0.4) is 0 Å². The number of carbonyl (C=O) groups is 1. The fraction of sp³-hybridized carbons (Fsp3) is 0.300. The number of likely N-dealkylation sites (tertiary alicyclic amines) is 1. The van der Waals surface area contributed by atoms with E-state index in [-0.39, 0.29) is 22.9 Å². The second kappa shape index (κ2) is 10.6. The van der Waals surface area contributed by atoms with Crippen molar-refractivity contribution in [1.29, 1.82) is 5.26 Å². The maximum atomic E-state index is 13.3. The Hall–Kier alpha value is -4.71. The smallest absolute Gasteiger partial charge is 0.264 e. The second-order valence-electron chi connectivity index (χ2n) is 10.8. The van der Waals surface area contributed by atoms with Gasteiger partial charge >= 0.3 is 0 Å². The van der Waals surface area contributed by atoms with E-state index in [1.54, 1.807) is 15.7 Å². The number of benzene rings is 2. The second-order valence-corrected chi connectivity index (χ2v) is 10.8. The molecule has 0 aliphatic carbocycles. The predicted molar refractivity (Wildman–Crippen MR) is 150 cm³/mol. The molecule has 9 heteroatoms. The number of ether oxygens (including phenoxy) is 1. The van der Waals surface area contributed by atoms with Gasteiger partial charge in [0.15, 0.2) is 5.65 Å². The molecule has 1 amide bonds. The van der Waals surface area contributed by atoms with Crippen molar-refractivity contribution >= 4 is 22.8 Å². The molecular formula is C30H31N7O2. The molecule has 0 bridgehead atoms. The molecule has 9 nitrogen and oxygen atoms in total. The summed E-state index contributed by atoms with van der Waals surface area (Å²) >= 11 is 0. The van der Waals surface area contributed by atoms with Crippen LogP contribution in [-0.2, 0) is 11.3 Å². The molecule has 1 fully saturated rings. The Labute approximate surface area is 227 Å². The Morgan fingerprint density at radius 1 is 1.13 bits per heavy atom. The predicted octanol–water partition coefficient (Wildman–Crippen LogP) is 5.35. The number of hydrogen-bond donors (Lipinski definition) is 1. The van der Waals surface area contributed by atoms with Crippen molar-refractivity contribution in [2.45, 2.75) is 46.2 Å². The van der Waals surface area contributed by atoms with E-state index in [9.17, 15) is 10.1 Å². The molecule has 5 rings (SSSR count). The van der Waals surface area contributed by atoms with Crippen LogP contribution in [0.2, 0.25) is 0 Å². The fourth-order valence-corrected chi connectivity index (χ4v) is 4.89. The van der Waals surface area contributed by atoms with Gasteiger partial charge in [-0.1, -0.05) is 45.0 Å². The van der Waals surface area contributed by atoms with Crippen LogP contribution in [0, 0.1) is 16.7 Å². The molecule has 0 unspecified atom stereocenters. The van der Waals surface area contributed by atoms with Crippen LogP contribution >= 0.6 is 0 Å². The lowest BCUT2D eigenvalue weighted by atomic mass is 9.93. The number of nitriles is 1. The summed E-state index contributed by atoms with van der Waals surface area (Å²) in [6.07, 6.45) is 4.83. The third kappa shape index (κ3) is 5.60. The van der Waals surface area contributed by atoms with Crippen LogP contribution in [0.4, 0.5) is 5.82 Å². The van der Waals surface area contributed by atoms with E-state index in [2.05, 4.69) is 16.0 Å². The topological polar surface area (TPSA) is 123 Å². The number of carbonyl (C=O) groups excluding carboxylic acids is 1. The standard InChI is InChI=1S/C30H31N7O2/c1-30(2,3)16-21(17-31)29(38)36-15-7-8-22(36)18-37-28-25(27(32)33-19-34-28)26(35-37)20-11-13-24(14-12-20)39-23-9-5-4-6-10-23/h4-6,9-14,16,19,22H,7-8,15,18H2,1-3H3,(H2,32,33,34)/b21-16+/t22-/m0/s1. The van der Waals surface area contributed by atoms with E-state index < -0.39 is 0 Å². The molecule has 2 aromatic carbocycles. The lowest BCUT2D eigenvalue weighted by Crippen LogP contribution is -2.39. The minimum atomic E-state index is -0.279. The Morgan fingerprint density at radius 2 is 1.85 bits per heavy atom. The maximum Gasteiger partial charge on any atom is 0.264 e. The highest BCUT2D eigenvalue weighted by Crippen LogP contribution is 2.33. The number of anilines is 1. The van der Waals surface area contributed by atoms with E-state index >= 15 is 0 Å². The first-order chi connectivity index (χ1) is 18.7. The minimum absolute atomic E-state index is 0.122. The van der Waals surface area contributed by atoms with E-state index in [4.69, 9.17) is 15.6 Å². The van der Waals surface area contributed by atoms with Crippen molar-refractivity contribution < 1.29 is 9.53 Å². The van der Waals surface area contributed by atoms with Crippen molar-refractivity contribution in [2.75, 3.05) is 12.3 Å². The summed E-state index contributed by atoms with van der Waals surface area (Å²) < 4.78 is 7.73. The van der Waals surface area contributed by atoms with Crippen molar-refractivity contribution in [3.05, 3.63) is 72.6 Å². The van der Waals surface area contributed by atoms with Gasteiger partial charge in [-0.2, -0.15) is 10.4 Å². The Kier molecular flexibility index (Phi) is 7.03. The number of allylic oxidation sites excluding steroid dienone is 1. The number of nitrogens with zero attached hydrogens (tertiary/aromatic N) is 6. The van der Waals surface area contributed by atoms with Gasteiger partial charge in [0, 0.05) is 12.1 Å². The van der Waals surface area contributed by atoms with Gasteiger partial charge < -0.3 is 15.4 Å². The molecule has 3 heterocycles. The number of nitrogens with two attached hydrogens (primary N) is 1. The summed E-state index contributed by atoms with van der Waals surface area (Å²) in [4.78, 5) is 23.8. The number of amides is 1. The molecule has 2 N–H and O–H groups in total. The lowest BCUT2D eigenvalue weighted by molar-refractivity contribution is -0.127. The Balaban J connectivity index is 1.44. The van der Waals surface area contributed by atoms with Gasteiger partial charge in [0.1, 0.15) is 41.0 Å². The number of rotatable bonds is 6. The summed E-state index contributed by atoms with van der Waals surface area (Å²) in [5, 5.41) is 15.2. The van der Waals surface area contributed by atoms with E-state index in [1.807, 2.05) is 75.4 Å². The maximum absolute atomic E-state index is 13.3. The summed E-state index contributed by atoms with van der Waals surface area (Å²) in [5.41, 5.74) is 8.31. The van der Waals surface area contributed by atoms with Crippen LogP contribution < -0.4 is 10.5 Å². The lowest BCUT2D eigenvalue weighted by Gasteiger charge is -2.25. The van der Waals surface area contributed by atoms with Gasteiger partial charge in [-0.3, -0.25) is 4.79 Å². The largest absolute Gasteiger partial charge is 0.457 e. The van der Waals surface area contributed by atoms with Gasteiger partial charge in [0.25, 0.3) is 5.91 Å². The molecule has 39 heavy (non-hydrogen) atoms. The molecule has 2 aromatic heterocycles. The van der Waals surface area contributed by atoms with E-state index in [1.165, 1.54) is 6.33 Å². The molecule has 0 radical (unpaired) electrons. The zero-order valence-corrected chi connectivity index (χ0v) is 22.3. The van der Waals surface area contributed by atoms with Gasteiger partial charge in [-0.05, 0) is 54.7 Å². The van der Waals surface area contributed by atoms with E-state index in [0.717, 1.165) is 24.2 Å². The van der Waals surface area contributed by atoms with Crippen LogP contribution in [0.25, 0.3) is 22.3 Å². The summed E-state index contributed by atoms with van der Waals surface area (Å²) in [6, 6.07) is 19.2. The number of aromatic nitrogens is 4. The highest BCUT2D eigenvalue weighted by molar-refractivity contribution is 5.99. The van der Waals surface area contributed by atoms with Gasteiger partial charge in [-0.25, -0.2) is 14.6 Å². The third-order valence-electron chi connectivity index (χ3n) is 6.62. The number of para-hydroxylation sites is 1. The molecule has 1 aliphatic rings. The van der Waals surface area contributed by atoms with Crippen LogP contribution in [0.5, 0.6) is 11.5 Å². The first-order valence-electron chi connectivity index (χ1n) is 13.0. The van der Waals surface area contributed by atoms with Crippen LogP contribution in [-0.4, -0.2) is 43.1 Å².